The van der Waals surface area contributed by atoms with Gasteiger partial charge in [0.05, 0.1) is 6.20 Å². The summed E-state index contributed by atoms with van der Waals surface area (Å²) < 4.78 is 30.6. The number of fused-ring (bicyclic) bond motifs is 2. The molecule has 0 aliphatic carbocycles. The molecule has 0 N–H and O–H groups in total. The molecule has 2 bridgehead atoms. The Morgan fingerprint density at radius 2 is 1.93 bits per heavy atom. The lowest BCUT2D eigenvalue weighted by Gasteiger charge is -2.51. The van der Waals surface area contributed by atoms with E-state index in [4.69, 9.17) is 0 Å². The largest absolute Gasteiger partial charge is 0.298 e. The Morgan fingerprint density at radius 3 is 2.64 bits per heavy atom. The van der Waals surface area contributed by atoms with Crippen LogP contribution >= 0.6 is 0 Å². The topological polar surface area (TPSA) is 24.3 Å². The Labute approximate surface area is 165 Å². The van der Waals surface area contributed by atoms with Crippen LogP contribution in [0.25, 0.3) is 0 Å². The zero-order chi connectivity index (χ0) is 19.4. The third-order valence-electron chi connectivity index (χ3n) is 7.04. The summed E-state index contributed by atoms with van der Waals surface area (Å²) in [6.45, 7) is 8.01. The minimum absolute atomic E-state index is 0.0175. The van der Waals surface area contributed by atoms with Crippen molar-refractivity contribution in [3.63, 3.8) is 0 Å². The summed E-state index contributed by atoms with van der Waals surface area (Å²) in [5.41, 5.74) is 1.74. The van der Waals surface area contributed by atoms with Crippen LogP contribution in [0.1, 0.15) is 49.8 Å². The van der Waals surface area contributed by atoms with Gasteiger partial charge in [0.1, 0.15) is 0 Å². The molecule has 0 spiro atoms. The monoisotopic (exact) mass is 386 g/mol. The van der Waals surface area contributed by atoms with Crippen molar-refractivity contribution in [2.75, 3.05) is 19.6 Å². The standard InChI is InChI=1S/C22H28F2N4/c1-14(2)28-12-15(10-25-28)11-27-13-18(17-4-3-5-19(23)20(17)24)22-21(27)16-6-8-26(22)9-7-16/h3-5,10,12,14,16,18,21-22H,6-9,11,13H2,1-2H3/t18-,21+,22+/m1/s1. The fraction of sp³-hybridized carbons (Fsp3) is 0.591. The van der Waals surface area contributed by atoms with E-state index in [0.29, 0.717) is 23.6 Å². The Morgan fingerprint density at radius 1 is 1.14 bits per heavy atom. The molecule has 4 nitrogen and oxygen atoms in total. The SMILES string of the molecule is CC(C)n1cc(CN2C[C@H](c3cccc(F)c3F)[C@H]3[C@@H]2C2CCN3CC2)cn1. The molecule has 6 heteroatoms. The zero-order valence-electron chi connectivity index (χ0n) is 16.6. The van der Waals surface area contributed by atoms with Crippen molar-refractivity contribution in [1.29, 1.82) is 0 Å². The van der Waals surface area contributed by atoms with Crippen LogP contribution < -0.4 is 0 Å². The van der Waals surface area contributed by atoms with E-state index >= 15 is 0 Å². The van der Waals surface area contributed by atoms with Crippen molar-refractivity contribution in [3.8, 4) is 0 Å². The van der Waals surface area contributed by atoms with E-state index in [1.807, 2.05) is 10.9 Å². The maximum Gasteiger partial charge on any atom is 0.162 e. The maximum absolute atomic E-state index is 14.7. The van der Waals surface area contributed by atoms with Crippen LogP contribution in [-0.2, 0) is 6.54 Å². The maximum atomic E-state index is 14.7. The third kappa shape index (κ3) is 2.89. The number of likely N-dealkylation sites (tertiary alicyclic amines) is 1. The molecule has 1 aromatic carbocycles. The van der Waals surface area contributed by atoms with Crippen molar-refractivity contribution in [1.82, 2.24) is 19.6 Å². The van der Waals surface area contributed by atoms with E-state index in [9.17, 15) is 8.78 Å². The molecule has 0 unspecified atom stereocenters. The molecule has 6 rings (SSSR count). The highest BCUT2D eigenvalue weighted by Gasteiger charge is 2.53. The lowest BCUT2D eigenvalue weighted by molar-refractivity contribution is -0.00888. The Kier molecular flexibility index (Phi) is 4.51. The molecule has 4 fully saturated rings. The zero-order valence-corrected chi connectivity index (χ0v) is 16.6. The first kappa shape index (κ1) is 18.3. The molecule has 4 aliphatic heterocycles. The number of rotatable bonds is 4. The van der Waals surface area contributed by atoms with Gasteiger partial charge in [0.2, 0.25) is 0 Å². The minimum Gasteiger partial charge on any atom is -0.298 e. The molecule has 1 aromatic heterocycles. The molecule has 150 valence electrons. The first-order valence-electron chi connectivity index (χ1n) is 10.5. The fourth-order valence-corrected chi connectivity index (χ4v) is 5.78. The van der Waals surface area contributed by atoms with Gasteiger partial charge in [-0.05, 0) is 57.3 Å². The van der Waals surface area contributed by atoms with Gasteiger partial charge >= 0.3 is 0 Å². The van der Waals surface area contributed by atoms with Crippen molar-refractivity contribution < 1.29 is 8.78 Å². The highest BCUT2D eigenvalue weighted by molar-refractivity contribution is 5.29. The van der Waals surface area contributed by atoms with E-state index in [1.165, 1.54) is 24.5 Å². The third-order valence-corrected chi connectivity index (χ3v) is 7.04. The molecule has 4 aliphatic rings. The van der Waals surface area contributed by atoms with Crippen LogP contribution in [0.5, 0.6) is 0 Å². The van der Waals surface area contributed by atoms with Gasteiger partial charge in [0.15, 0.2) is 11.6 Å². The molecule has 4 saturated heterocycles. The van der Waals surface area contributed by atoms with Gasteiger partial charge in [-0.3, -0.25) is 14.5 Å². The van der Waals surface area contributed by atoms with Gasteiger partial charge in [0, 0.05) is 48.9 Å². The number of piperidine rings is 3. The van der Waals surface area contributed by atoms with E-state index in [2.05, 4.69) is 34.9 Å². The molecule has 5 heterocycles. The highest BCUT2D eigenvalue weighted by Crippen LogP contribution is 2.47. The second kappa shape index (κ2) is 6.92. The lowest BCUT2D eigenvalue weighted by atomic mass is 9.75. The van der Waals surface area contributed by atoms with Crippen molar-refractivity contribution >= 4 is 0 Å². The van der Waals surface area contributed by atoms with Crippen LogP contribution in [0.2, 0.25) is 0 Å². The quantitative estimate of drug-likeness (QED) is 0.799. The number of nitrogens with zero attached hydrogens (tertiary/aromatic N) is 4. The number of hydrogen-bond acceptors (Lipinski definition) is 3. The average Bonchev–Trinajstić information content (AvgIpc) is 3.32. The van der Waals surface area contributed by atoms with Crippen LogP contribution in [-0.4, -0.2) is 51.3 Å². The predicted octanol–water partition coefficient (Wildman–Crippen LogP) is 3.80. The minimum atomic E-state index is -0.735. The van der Waals surface area contributed by atoms with E-state index in [-0.39, 0.29) is 12.0 Å². The van der Waals surface area contributed by atoms with Crippen LogP contribution in [0.15, 0.2) is 30.6 Å². The van der Waals surface area contributed by atoms with Crippen molar-refractivity contribution in [2.24, 2.45) is 5.92 Å². The van der Waals surface area contributed by atoms with Gasteiger partial charge in [-0.15, -0.1) is 0 Å². The van der Waals surface area contributed by atoms with Gasteiger partial charge in [0.25, 0.3) is 0 Å². The smallest absolute Gasteiger partial charge is 0.162 e. The van der Waals surface area contributed by atoms with Crippen molar-refractivity contribution in [2.45, 2.75) is 57.3 Å². The van der Waals surface area contributed by atoms with Crippen molar-refractivity contribution in [3.05, 3.63) is 53.4 Å². The molecule has 28 heavy (non-hydrogen) atoms. The molecule has 0 saturated carbocycles. The van der Waals surface area contributed by atoms with Gasteiger partial charge < -0.3 is 0 Å². The highest BCUT2D eigenvalue weighted by atomic mass is 19.2. The molecular formula is C22H28F2N4. The Balaban J connectivity index is 1.47. The van der Waals surface area contributed by atoms with Gasteiger partial charge in [-0.1, -0.05) is 12.1 Å². The number of halogens is 2. The average molecular weight is 386 g/mol. The van der Waals surface area contributed by atoms with Crippen LogP contribution in [0.3, 0.4) is 0 Å². The van der Waals surface area contributed by atoms with Gasteiger partial charge in [-0.2, -0.15) is 5.10 Å². The van der Waals surface area contributed by atoms with E-state index < -0.39 is 11.6 Å². The molecule has 3 atom stereocenters. The molecule has 2 aromatic rings. The van der Waals surface area contributed by atoms with Crippen LogP contribution in [0.4, 0.5) is 8.78 Å². The summed E-state index contributed by atoms with van der Waals surface area (Å²) in [4.78, 5) is 5.04. The summed E-state index contributed by atoms with van der Waals surface area (Å²) in [7, 11) is 0. The Hall–Kier alpha value is -1.79. The van der Waals surface area contributed by atoms with Crippen LogP contribution in [0, 0.1) is 17.6 Å². The first-order chi connectivity index (χ1) is 13.5. The van der Waals surface area contributed by atoms with Gasteiger partial charge in [-0.25, -0.2) is 8.78 Å². The summed E-state index contributed by atoms with van der Waals surface area (Å²) in [6.07, 6.45) is 6.49. The summed E-state index contributed by atoms with van der Waals surface area (Å²) >= 11 is 0. The molecular weight excluding hydrogens is 358 g/mol. The second-order valence-corrected chi connectivity index (χ2v) is 8.96. The lowest BCUT2D eigenvalue weighted by Crippen LogP contribution is -2.60. The Bertz CT molecular complexity index is 856. The number of benzene rings is 1. The molecule has 0 amide bonds. The molecule has 0 radical (unpaired) electrons. The van der Waals surface area contributed by atoms with E-state index in [0.717, 1.165) is 26.2 Å². The summed E-state index contributed by atoms with van der Waals surface area (Å²) in [5.74, 6) is -0.731. The summed E-state index contributed by atoms with van der Waals surface area (Å²) in [5, 5.41) is 4.48. The number of hydrogen-bond donors (Lipinski definition) is 0. The second-order valence-electron chi connectivity index (χ2n) is 8.96. The predicted molar refractivity (Wildman–Crippen MR) is 104 cm³/mol. The normalized spacial score (nSPS) is 32.2. The fourth-order valence-electron chi connectivity index (χ4n) is 5.78. The van der Waals surface area contributed by atoms with E-state index in [1.54, 1.807) is 12.1 Å². The first-order valence-corrected chi connectivity index (χ1v) is 10.5. The summed E-state index contributed by atoms with van der Waals surface area (Å²) in [6, 6.07) is 5.68. The number of aromatic nitrogens is 2.